The van der Waals surface area contributed by atoms with E-state index >= 15 is 0 Å². The number of carbonyl (C=O) groups excluding carboxylic acids is 1. The minimum absolute atomic E-state index is 0.155. The van der Waals surface area contributed by atoms with Gasteiger partial charge in [-0.25, -0.2) is 0 Å². The van der Waals surface area contributed by atoms with E-state index < -0.39 is 6.10 Å². The van der Waals surface area contributed by atoms with Crippen molar-refractivity contribution in [3.8, 4) is 0 Å². The summed E-state index contributed by atoms with van der Waals surface area (Å²) in [6.45, 7) is 5.52. The van der Waals surface area contributed by atoms with Crippen LogP contribution in [0.2, 0.25) is 0 Å². The van der Waals surface area contributed by atoms with Crippen LogP contribution in [0.1, 0.15) is 46.9 Å². The normalized spacial score (nSPS) is 13.7. The van der Waals surface area contributed by atoms with E-state index in [4.69, 9.17) is 4.42 Å². The molecule has 1 aromatic heterocycles. The Balaban J connectivity index is 1.94. The van der Waals surface area contributed by atoms with Gasteiger partial charge in [0.1, 0.15) is 5.76 Å². The van der Waals surface area contributed by atoms with E-state index in [1.165, 1.54) is 0 Å². The predicted octanol–water partition coefficient (Wildman–Crippen LogP) is 3.14. The molecule has 0 aliphatic heterocycles. The first-order chi connectivity index (χ1) is 9.97. The van der Waals surface area contributed by atoms with Gasteiger partial charge >= 0.3 is 0 Å². The molecule has 0 fully saturated rings. The van der Waals surface area contributed by atoms with Gasteiger partial charge < -0.3 is 14.8 Å². The van der Waals surface area contributed by atoms with Crippen molar-refractivity contribution >= 4 is 5.91 Å². The van der Waals surface area contributed by atoms with E-state index in [2.05, 4.69) is 5.32 Å². The van der Waals surface area contributed by atoms with Crippen molar-refractivity contribution in [1.29, 1.82) is 0 Å². The Labute approximate surface area is 124 Å². The van der Waals surface area contributed by atoms with E-state index in [9.17, 15) is 9.90 Å². The highest BCUT2D eigenvalue weighted by atomic mass is 16.3. The molecule has 0 spiro atoms. The molecule has 2 unspecified atom stereocenters. The van der Waals surface area contributed by atoms with Crippen LogP contribution in [-0.2, 0) is 0 Å². The Bertz CT molecular complexity index is 604. The SMILES string of the molecule is Cc1cc(C)c(C(=O)NC(C)CC(O)c2ccccc2)o1. The Morgan fingerprint density at radius 1 is 1.29 bits per heavy atom. The third kappa shape index (κ3) is 3.95. The number of rotatable bonds is 5. The zero-order valence-corrected chi connectivity index (χ0v) is 12.6. The Kier molecular flexibility index (Phi) is 4.81. The predicted molar refractivity (Wildman–Crippen MR) is 81.1 cm³/mol. The van der Waals surface area contributed by atoms with E-state index in [-0.39, 0.29) is 11.9 Å². The summed E-state index contributed by atoms with van der Waals surface area (Å²) in [5.41, 5.74) is 1.67. The second-order valence-corrected chi connectivity index (χ2v) is 5.41. The first-order valence-electron chi connectivity index (χ1n) is 7.08. The quantitative estimate of drug-likeness (QED) is 0.888. The second-order valence-electron chi connectivity index (χ2n) is 5.41. The third-order valence-corrected chi connectivity index (χ3v) is 3.39. The fourth-order valence-electron chi connectivity index (χ4n) is 2.36. The molecule has 4 heteroatoms. The molecule has 1 amide bonds. The summed E-state index contributed by atoms with van der Waals surface area (Å²) in [6, 6.07) is 11.1. The van der Waals surface area contributed by atoms with Crippen LogP contribution in [0.25, 0.3) is 0 Å². The van der Waals surface area contributed by atoms with E-state index in [1.807, 2.05) is 57.2 Å². The first kappa shape index (κ1) is 15.3. The summed E-state index contributed by atoms with van der Waals surface area (Å²) in [5, 5.41) is 13.0. The van der Waals surface area contributed by atoms with Crippen molar-refractivity contribution in [2.24, 2.45) is 0 Å². The molecule has 0 bridgehead atoms. The average Bonchev–Trinajstić information content (AvgIpc) is 2.78. The summed E-state index contributed by atoms with van der Waals surface area (Å²) < 4.78 is 5.39. The van der Waals surface area contributed by atoms with Gasteiger partial charge in [-0.2, -0.15) is 0 Å². The van der Waals surface area contributed by atoms with Gasteiger partial charge in [-0.15, -0.1) is 0 Å². The monoisotopic (exact) mass is 287 g/mol. The second kappa shape index (κ2) is 6.59. The lowest BCUT2D eigenvalue weighted by Crippen LogP contribution is -2.33. The van der Waals surface area contributed by atoms with Crippen molar-refractivity contribution in [3.63, 3.8) is 0 Å². The molecule has 0 aliphatic carbocycles. The van der Waals surface area contributed by atoms with Gasteiger partial charge in [0.2, 0.25) is 0 Å². The summed E-state index contributed by atoms with van der Waals surface area (Å²) in [7, 11) is 0. The number of furan rings is 1. The number of benzene rings is 1. The largest absolute Gasteiger partial charge is 0.456 e. The van der Waals surface area contributed by atoms with E-state index in [1.54, 1.807) is 0 Å². The highest BCUT2D eigenvalue weighted by molar-refractivity contribution is 5.93. The highest BCUT2D eigenvalue weighted by Crippen LogP contribution is 2.18. The Morgan fingerprint density at radius 2 is 1.95 bits per heavy atom. The molecule has 1 heterocycles. The molecule has 21 heavy (non-hydrogen) atoms. The number of aliphatic hydroxyl groups excluding tert-OH is 1. The van der Waals surface area contributed by atoms with Crippen molar-refractivity contribution in [2.75, 3.05) is 0 Å². The number of carbonyl (C=O) groups is 1. The lowest BCUT2D eigenvalue weighted by atomic mass is 10.0. The van der Waals surface area contributed by atoms with Gasteiger partial charge in [0.15, 0.2) is 5.76 Å². The van der Waals surface area contributed by atoms with Gasteiger partial charge in [-0.05, 0) is 38.8 Å². The number of hydrogen-bond donors (Lipinski definition) is 2. The zero-order valence-electron chi connectivity index (χ0n) is 12.6. The van der Waals surface area contributed by atoms with E-state index in [0.717, 1.165) is 16.9 Å². The van der Waals surface area contributed by atoms with Crippen LogP contribution in [0.5, 0.6) is 0 Å². The molecule has 112 valence electrons. The standard InChI is InChI=1S/C17H21NO3/c1-11-9-13(3)21-16(11)17(20)18-12(2)10-15(19)14-7-5-4-6-8-14/h4-9,12,15,19H,10H2,1-3H3,(H,18,20). The summed E-state index contributed by atoms with van der Waals surface area (Å²) in [4.78, 5) is 12.1. The van der Waals surface area contributed by atoms with Crippen LogP contribution in [0.3, 0.4) is 0 Å². The molecular formula is C17H21NO3. The summed E-state index contributed by atoms with van der Waals surface area (Å²) in [6.07, 6.45) is -0.143. The molecular weight excluding hydrogens is 266 g/mol. The smallest absolute Gasteiger partial charge is 0.287 e. The van der Waals surface area contributed by atoms with Crippen LogP contribution in [0.15, 0.2) is 40.8 Å². The van der Waals surface area contributed by atoms with Gasteiger partial charge in [-0.3, -0.25) is 4.79 Å². The molecule has 0 saturated carbocycles. The first-order valence-corrected chi connectivity index (χ1v) is 7.08. The topological polar surface area (TPSA) is 62.5 Å². The Hall–Kier alpha value is -2.07. The molecule has 0 saturated heterocycles. The fraction of sp³-hybridized carbons (Fsp3) is 0.353. The molecule has 1 aromatic carbocycles. The van der Waals surface area contributed by atoms with Crippen LogP contribution in [-0.4, -0.2) is 17.1 Å². The maximum absolute atomic E-state index is 12.1. The maximum atomic E-state index is 12.1. The molecule has 2 atom stereocenters. The van der Waals surface area contributed by atoms with Crippen molar-refractivity contribution in [2.45, 2.75) is 39.3 Å². The molecule has 2 aromatic rings. The summed E-state index contributed by atoms with van der Waals surface area (Å²) >= 11 is 0. The third-order valence-electron chi connectivity index (χ3n) is 3.39. The van der Waals surface area contributed by atoms with Crippen LogP contribution in [0.4, 0.5) is 0 Å². The van der Waals surface area contributed by atoms with Crippen molar-refractivity contribution < 1.29 is 14.3 Å². The fourth-order valence-corrected chi connectivity index (χ4v) is 2.36. The molecule has 2 N–H and O–H groups in total. The minimum Gasteiger partial charge on any atom is -0.456 e. The minimum atomic E-state index is -0.596. The van der Waals surface area contributed by atoms with Crippen LogP contribution in [0, 0.1) is 13.8 Å². The number of nitrogens with one attached hydrogen (secondary N) is 1. The van der Waals surface area contributed by atoms with Crippen molar-refractivity contribution in [1.82, 2.24) is 5.32 Å². The Morgan fingerprint density at radius 3 is 2.52 bits per heavy atom. The summed E-state index contributed by atoms with van der Waals surface area (Å²) in [5.74, 6) is 0.816. The average molecular weight is 287 g/mol. The number of aliphatic hydroxyl groups is 1. The van der Waals surface area contributed by atoms with Crippen LogP contribution < -0.4 is 5.32 Å². The lowest BCUT2D eigenvalue weighted by molar-refractivity contribution is 0.0887. The van der Waals surface area contributed by atoms with Crippen molar-refractivity contribution in [3.05, 3.63) is 59.0 Å². The molecule has 2 rings (SSSR count). The number of hydrogen-bond acceptors (Lipinski definition) is 3. The molecule has 0 radical (unpaired) electrons. The van der Waals surface area contributed by atoms with Gasteiger partial charge in [0, 0.05) is 11.6 Å². The maximum Gasteiger partial charge on any atom is 0.287 e. The number of aryl methyl sites for hydroxylation is 2. The number of amides is 1. The van der Waals surface area contributed by atoms with Gasteiger partial charge in [0.05, 0.1) is 6.10 Å². The zero-order chi connectivity index (χ0) is 15.4. The lowest BCUT2D eigenvalue weighted by Gasteiger charge is -2.17. The van der Waals surface area contributed by atoms with Gasteiger partial charge in [0.25, 0.3) is 5.91 Å². The van der Waals surface area contributed by atoms with E-state index in [0.29, 0.717) is 12.2 Å². The highest BCUT2D eigenvalue weighted by Gasteiger charge is 2.18. The van der Waals surface area contributed by atoms with Crippen LogP contribution >= 0.6 is 0 Å². The molecule has 4 nitrogen and oxygen atoms in total. The van der Waals surface area contributed by atoms with Gasteiger partial charge in [-0.1, -0.05) is 30.3 Å². The molecule has 0 aliphatic rings.